The van der Waals surface area contributed by atoms with Crippen molar-refractivity contribution in [1.29, 1.82) is 5.41 Å². The lowest BCUT2D eigenvalue weighted by molar-refractivity contribution is 0.0998. The van der Waals surface area contributed by atoms with Crippen molar-refractivity contribution >= 4 is 5.96 Å². The van der Waals surface area contributed by atoms with Crippen molar-refractivity contribution in [2.45, 2.75) is 45.2 Å². The van der Waals surface area contributed by atoms with Crippen molar-refractivity contribution in [3.8, 4) is 0 Å². The van der Waals surface area contributed by atoms with Crippen LogP contribution in [0.5, 0.6) is 0 Å². The summed E-state index contributed by atoms with van der Waals surface area (Å²) in [4.78, 5) is 2.48. The van der Waals surface area contributed by atoms with Crippen molar-refractivity contribution < 1.29 is 0 Å². The summed E-state index contributed by atoms with van der Waals surface area (Å²) >= 11 is 0. The summed E-state index contributed by atoms with van der Waals surface area (Å²) in [6.45, 7) is 8.91. The third-order valence-corrected chi connectivity index (χ3v) is 2.80. The molecule has 1 aliphatic rings. The van der Waals surface area contributed by atoms with E-state index >= 15 is 0 Å². The average molecular weight is 198 g/mol. The van der Waals surface area contributed by atoms with Gasteiger partial charge in [0.1, 0.15) is 0 Å². The normalized spacial score (nSPS) is 20.8. The van der Waals surface area contributed by atoms with Gasteiger partial charge in [-0.1, -0.05) is 0 Å². The second kappa shape index (κ2) is 4.17. The van der Waals surface area contributed by atoms with Gasteiger partial charge in [-0.2, -0.15) is 0 Å². The Morgan fingerprint density at radius 1 is 1.36 bits per heavy atom. The molecule has 0 radical (unpaired) electrons. The second-order valence-electron chi connectivity index (χ2n) is 4.99. The number of guanidine groups is 1. The van der Waals surface area contributed by atoms with Gasteiger partial charge in [-0.15, -0.1) is 0 Å². The fourth-order valence-corrected chi connectivity index (χ4v) is 1.91. The predicted molar refractivity (Wildman–Crippen MR) is 59.4 cm³/mol. The van der Waals surface area contributed by atoms with Gasteiger partial charge >= 0.3 is 0 Å². The highest BCUT2D eigenvalue weighted by Gasteiger charge is 2.26. The summed E-state index contributed by atoms with van der Waals surface area (Å²) in [6, 6.07) is 0.395. The van der Waals surface area contributed by atoms with Crippen LogP contribution >= 0.6 is 0 Å². The van der Waals surface area contributed by atoms with E-state index in [-0.39, 0.29) is 11.5 Å². The standard InChI is InChI=1S/C10H22N4/c1-10(2,3)14-6-4-8(5-7-14)13-9(11)12/h8H,4-7H2,1-3H3,(H4,11,12,13). The molecular formula is C10H22N4. The first-order chi connectivity index (χ1) is 6.39. The van der Waals surface area contributed by atoms with Crippen LogP contribution in [0.15, 0.2) is 0 Å². The van der Waals surface area contributed by atoms with Crippen LogP contribution in [0.4, 0.5) is 0 Å². The van der Waals surface area contributed by atoms with E-state index in [1.54, 1.807) is 0 Å². The van der Waals surface area contributed by atoms with E-state index in [4.69, 9.17) is 11.1 Å². The molecule has 4 N–H and O–H groups in total. The first-order valence-corrected chi connectivity index (χ1v) is 5.25. The first-order valence-electron chi connectivity index (χ1n) is 5.25. The van der Waals surface area contributed by atoms with Gasteiger partial charge in [-0.05, 0) is 33.6 Å². The molecule has 1 rings (SSSR count). The maximum absolute atomic E-state index is 7.16. The Hall–Kier alpha value is -0.770. The Balaban J connectivity index is 2.35. The highest BCUT2D eigenvalue weighted by atomic mass is 15.2. The van der Waals surface area contributed by atoms with E-state index in [1.807, 2.05) is 0 Å². The third kappa shape index (κ3) is 3.18. The maximum Gasteiger partial charge on any atom is 0.185 e. The minimum Gasteiger partial charge on any atom is -0.370 e. The molecule has 1 heterocycles. The summed E-state index contributed by atoms with van der Waals surface area (Å²) < 4.78 is 0. The molecule has 4 nitrogen and oxygen atoms in total. The Morgan fingerprint density at radius 3 is 2.21 bits per heavy atom. The quantitative estimate of drug-likeness (QED) is 0.430. The van der Waals surface area contributed by atoms with Crippen LogP contribution in [-0.4, -0.2) is 35.5 Å². The fourth-order valence-electron chi connectivity index (χ4n) is 1.91. The van der Waals surface area contributed by atoms with Crippen LogP contribution in [0.2, 0.25) is 0 Å². The maximum atomic E-state index is 7.16. The van der Waals surface area contributed by atoms with Gasteiger partial charge in [0, 0.05) is 24.7 Å². The molecule has 0 amide bonds. The average Bonchev–Trinajstić information content (AvgIpc) is 2.02. The van der Waals surface area contributed by atoms with Crippen LogP contribution in [-0.2, 0) is 0 Å². The van der Waals surface area contributed by atoms with E-state index < -0.39 is 0 Å². The molecule has 0 unspecified atom stereocenters. The highest BCUT2D eigenvalue weighted by molar-refractivity contribution is 5.74. The molecule has 0 aliphatic carbocycles. The zero-order valence-electron chi connectivity index (χ0n) is 9.43. The molecule has 0 aromatic heterocycles. The number of hydrogen-bond acceptors (Lipinski definition) is 2. The number of nitrogens with two attached hydrogens (primary N) is 1. The number of piperidine rings is 1. The van der Waals surface area contributed by atoms with Gasteiger partial charge in [0.05, 0.1) is 0 Å². The Kier molecular flexibility index (Phi) is 3.37. The van der Waals surface area contributed by atoms with Crippen LogP contribution in [0.1, 0.15) is 33.6 Å². The summed E-state index contributed by atoms with van der Waals surface area (Å²) in [6.07, 6.45) is 2.16. The number of hydrogen-bond donors (Lipinski definition) is 3. The molecule has 0 aromatic rings. The Labute approximate surface area is 86.4 Å². The third-order valence-electron chi connectivity index (χ3n) is 2.80. The number of rotatable bonds is 1. The van der Waals surface area contributed by atoms with E-state index in [1.165, 1.54) is 0 Å². The summed E-state index contributed by atoms with van der Waals surface area (Å²) in [5.74, 6) is 0.0965. The van der Waals surface area contributed by atoms with E-state index in [2.05, 4.69) is 31.0 Å². The SMILES string of the molecule is CC(C)(C)N1CCC(NC(=N)N)CC1. The van der Waals surface area contributed by atoms with Gasteiger partial charge in [0.2, 0.25) is 0 Å². The number of nitrogens with one attached hydrogen (secondary N) is 2. The van der Waals surface area contributed by atoms with Gasteiger partial charge in [0.15, 0.2) is 5.96 Å². The van der Waals surface area contributed by atoms with E-state index in [0.29, 0.717) is 6.04 Å². The Morgan fingerprint density at radius 2 is 1.86 bits per heavy atom. The highest BCUT2D eigenvalue weighted by Crippen LogP contribution is 2.19. The van der Waals surface area contributed by atoms with Gasteiger partial charge in [-0.25, -0.2) is 0 Å². The zero-order chi connectivity index (χ0) is 10.8. The van der Waals surface area contributed by atoms with E-state index in [9.17, 15) is 0 Å². The van der Waals surface area contributed by atoms with Crippen LogP contribution in [0.3, 0.4) is 0 Å². The van der Waals surface area contributed by atoms with Gasteiger partial charge in [-0.3, -0.25) is 10.3 Å². The second-order valence-corrected chi connectivity index (χ2v) is 4.99. The smallest absolute Gasteiger partial charge is 0.185 e. The van der Waals surface area contributed by atoms with Crippen molar-refractivity contribution in [3.05, 3.63) is 0 Å². The van der Waals surface area contributed by atoms with Gasteiger partial charge < -0.3 is 11.1 Å². The molecule has 14 heavy (non-hydrogen) atoms. The minimum absolute atomic E-state index is 0.0965. The molecule has 1 fully saturated rings. The minimum atomic E-state index is 0.0965. The van der Waals surface area contributed by atoms with Crippen LogP contribution in [0.25, 0.3) is 0 Å². The summed E-state index contributed by atoms with van der Waals surface area (Å²) in [5, 5.41) is 10.1. The monoisotopic (exact) mass is 198 g/mol. The van der Waals surface area contributed by atoms with Crippen molar-refractivity contribution in [2.24, 2.45) is 5.73 Å². The summed E-state index contributed by atoms with van der Waals surface area (Å²) in [5.41, 5.74) is 5.57. The molecule has 1 saturated heterocycles. The molecule has 0 spiro atoms. The number of nitrogens with zero attached hydrogens (tertiary/aromatic N) is 1. The topological polar surface area (TPSA) is 65.1 Å². The molecule has 0 bridgehead atoms. The molecule has 1 aliphatic heterocycles. The molecular weight excluding hydrogens is 176 g/mol. The van der Waals surface area contributed by atoms with Gasteiger partial charge in [0.25, 0.3) is 0 Å². The first kappa shape index (κ1) is 11.3. The lowest BCUT2D eigenvalue weighted by Crippen LogP contribution is -2.51. The van der Waals surface area contributed by atoms with Crippen molar-refractivity contribution in [1.82, 2.24) is 10.2 Å². The molecule has 82 valence electrons. The predicted octanol–water partition coefficient (Wildman–Crippen LogP) is 0.732. The molecule has 4 heteroatoms. The largest absolute Gasteiger partial charge is 0.370 e. The van der Waals surface area contributed by atoms with Crippen LogP contribution in [0, 0.1) is 5.41 Å². The lowest BCUT2D eigenvalue weighted by atomic mass is 9.98. The molecule has 0 saturated carbocycles. The lowest BCUT2D eigenvalue weighted by Gasteiger charge is -2.41. The molecule has 0 aromatic carbocycles. The summed E-state index contributed by atoms with van der Waals surface area (Å²) in [7, 11) is 0. The van der Waals surface area contributed by atoms with Crippen molar-refractivity contribution in [2.75, 3.05) is 13.1 Å². The zero-order valence-corrected chi connectivity index (χ0v) is 9.43. The van der Waals surface area contributed by atoms with Crippen LogP contribution < -0.4 is 11.1 Å². The number of likely N-dealkylation sites (tertiary alicyclic amines) is 1. The van der Waals surface area contributed by atoms with Crippen molar-refractivity contribution in [3.63, 3.8) is 0 Å². The molecule has 0 atom stereocenters. The van der Waals surface area contributed by atoms with E-state index in [0.717, 1.165) is 25.9 Å². The fraction of sp³-hybridized carbons (Fsp3) is 0.900. The Bertz CT molecular complexity index is 199.